The lowest BCUT2D eigenvalue weighted by Crippen LogP contribution is -2.65. The predicted octanol–water partition coefficient (Wildman–Crippen LogP) is 1.33. The smallest absolute Gasteiger partial charge is 0.255 e. The van der Waals surface area contributed by atoms with E-state index >= 15 is 0 Å². The summed E-state index contributed by atoms with van der Waals surface area (Å²) in [6.07, 6.45) is 0.246. The molecule has 234 valence electrons. The summed E-state index contributed by atoms with van der Waals surface area (Å²) in [6, 6.07) is 8.23. The number of phenols is 1. The molecule has 4 atom stereocenters. The average Bonchev–Trinajstić information content (AvgIpc) is 2.95. The number of ether oxygens (including phenoxy) is 1. The van der Waals surface area contributed by atoms with E-state index in [4.69, 9.17) is 10.5 Å². The number of fused-ring (bicyclic) bond motifs is 3. The second-order valence-corrected chi connectivity index (χ2v) is 12.1. The SMILES string of the molecule is COc1cccc(CNCc2cc(N(C)C)c3c(c2O)C(O)=C2C(=O)[C@]4(O)C(O)=C(C(N)=O)C(=O)[C@@H](N(C)C)[C@@H]4C[C@@H]2C3)c1. The number of hydrogen-bond acceptors (Lipinski definition) is 11. The van der Waals surface area contributed by atoms with Gasteiger partial charge in [-0.1, -0.05) is 12.1 Å². The number of nitrogens with one attached hydrogen (secondary N) is 1. The number of carbonyl (C=O) groups excluding carboxylic acids is 3. The molecule has 12 nitrogen and oxygen atoms in total. The highest BCUT2D eigenvalue weighted by Crippen LogP contribution is 2.54. The summed E-state index contributed by atoms with van der Waals surface area (Å²) in [7, 11) is 8.39. The minimum Gasteiger partial charge on any atom is -0.508 e. The van der Waals surface area contributed by atoms with Crippen LogP contribution in [0.25, 0.3) is 5.76 Å². The van der Waals surface area contributed by atoms with Gasteiger partial charge in [-0.05, 0) is 62.2 Å². The molecule has 1 saturated carbocycles. The molecule has 12 heteroatoms. The topological polar surface area (TPSA) is 186 Å². The highest BCUT2D eigenvalue weighted by atomic mass is 16.5. The molecule has 44 heavy (non-hydrogen) atoms. The fourth-order valence-electron chi connectivity index (χ4n) is 7.00. The fraction of sp³-hybridized carbons (Fsp3) is 0.406. The van der Waals surface area contributed by atoms with E-state index in [1.54, 1.807) is 21.2 Å². The number of hydrogen-bond donors (Lipinski definition) is 6. The Morgan fingerprint density at radius 1 is 1.11 bits per heavy atom. The van der Waals surface area contributed by atoms with Crippen molar-refractivity contribution in [1.82, 2.24) is 10.2 Å². The van der Waals surface area contributed by atoms with Crippen molar-refractivity contribution in [3.05, 3.63) is 69.5 Å². The molecule has 7 N–H and O–H groups in total. The maximum absolute atomic E-state index is 14.1. The molecule has 2 aromatic carbocycles. The van der Waals surface area contributed by atoms with Gasteiger partial charge in [0.05, 0.1) is 18.7 Å². The van der Waals surface area contributed by atoms with E-state index in [9.17, 15) is 34.8 Å². The van der Waals surface area contributed by atoms with Crippen LogP contribution in [0.15, 0.2) is 47.2 Å². The minimum absolute atomic E-state index is 0.0310. The first-order valence-corrected chi connectivity index (χ1v) is 14.3. The molecule has 3 aliphatic carbocycles. The van der Waals surface area contributed by atoms with Gasteiger partial charge in [0.15, 0.2) is 11.4 Å². The van der Waals surface area contributed by atoms with Gasteiger partial charge in [-0.2, -0.15) is 0 Å². The molecular formula is C32H38N4O8. The number of nitrogens with zero attached hydrogens (tertiary/aromatic N) is 2. The number of Topliss-reactive ketones (excluding diaryl/α,β-unsaturated/α-hetero) is 2. The van der Waals surface area contributed by atoms with Crippen LogP contribution in [-0.4, -0.2) is 89.7 Å². The van der Waals surface area contributed by atoms with Crippen molar-refractivity contribution in [2.45, 2.75) is 37.6 Å². The van der Waals surface area contributed by atoms with Crippen LogP contribution in [0.4, 0.5) is 5.69 Å². The fourth-order valence-corrected chi connectivity index (χ4v) is 7.00. The number of amides is 1. The van der Waals surface area contributed by atoms with Gasteiger partial charge in [0.1, 0.15) is 28.6 Å². The van der Waals surface area contributed by atoms with Gasteiger partial charge in [-0.3, -0.25) is 19.3 Å². The number of anilines is 1. The third kappa shape index (κ3) is 4.70. The first-order valence-electron chi connectivity index (χ1n) is 14.3. The van der Waals surface area contributed by atoms with Crippen LogP contribution in [0.1, 0.15) is 28.7 Å². The predicted molar refractivity (Wildman–Crippen MR) is 162 cm³/mol. The lowest BCUT2D eigenvalue weighted by molar-refractivity contribution is -0.153. The zero-order valence-corrected chi connectivity index (χ0v) is 25.3. The number of aliphatic hydroxyl groups excluding tert-OH is 2. The average molecular weight is 607 g/mol. The van der Waals surface area contributed by atoms with Crippen molar-refractivity contribution < 1.29 is 39.5 Å². The molecule has 0 aromatic heterocycles. The monoisotopic (exact) mass is 606 g/mol. The molecule has 0 spiro atoms. The lowest BCUT2D eigenvalue weighted by atomic mass is 9.57. The molecule has 1 fully saturated rings. The summed E-state index contributed by atoms with van der Waals surface area (Å²) in [5, 5.41) is 49.3. The molecule has 0 radical (unpaired) electrons. The first-order chi connectivity index (χ1) is 20.7. The van der Waals surface area contributed by atoms with Gasteiger partial charge in [-0.25, -0.2) is 0 Å². The number of likely N-dealkylation sites (N-methyl/N-ethyl adjacent to an activating group) is 1. The molecule has 0 unspecified atom stereocenters. The number of nitrogens with two attached hydrogens (primary N) is 1. The molecule has 1 amide bonds. The van der Waals surface area contributed by atoms with E-state index in [1.165, 1.54) is 4.90 Å². The molecule has 0 heterocycles. The normalized spacial score (nSPS) is 24.7. The quantitative estimate of drug-likeness (QED) is 0.238. The number of phenolic OH excluding ortho intramolecular Hbond substituents is 1. The summed E-state index contributed by atoms with van der Waals surface area (Å²) < 4.78 is 5.28. The Balaban J connectivity index is 1.59. The van der Waals surface area contributed by atoms with Crippen LogP contribution in [-0.2, 0) is 33.9 Å². The number of benzene rings is 2. The Kier molecular flexibility index (Phi) is 7.95. The van der Waals surface area contributed by atoms with Crippen LogP contribution in [0.3, 0.4) is 0 Å². The van der Waals surface area contributed by atoms with Crippen molar-refractivity contribution in [2.24, 2.45) is 17.6 Å². The molecule has 3 aliphatic rings. The highest BCUT2D eigenvalue weighted by molar-refractivity contribution is 6.24. The molecule has 0 aliphatic heterocycles. The van der Waals surface area contributed by atoms with Crippen LogP contribution >= 0.6 is 0 Å². The number of carbonyl (C=O) groups is 3. The minimum atomic E-state index is -2.68. The maximum atomic E-state index is 14.1. The van der Waals surface area contributed by atoms with E-state index in [0.717, 1.165) is 11.3 Å². The summed E-state index contributed by atoms with van der Waals surface area (Å²) in [4.78, 5) is 42.9. The van der Waals surface area contributed by atoms with Crippen molar-refractivity contribution in [3.8, 4) is 11.5 Å². The number of rotatable bonds is 8. The van der Waals surface area contributed by atoms with Crippen LogP contribution in [0.5, 0.6) is 11.5 Å². The zero-order valence-electron chi connectivity index (χ0n) is 25.3. The molecular weight excluding hydrogens is 568 g/mol. The molecule has 2 aromatic rings. The summed E-state index contributed by atoms with van der Waals surface area (Å²) in [5.74, 6) is -6.00. The first kappa shape index (κ1) is 31.0. The van der Waals surface area contributed by atoms with Crippen molar-refractivity contribution in [1.29, 1.82) is 0 Å². The van der Waals surface area contributed by atoms with Crippen LogP contribution in [0.2, 0.25) is 0 Å². The van der Waals surface area contributed by atoms with Gasteiger partial charge >= 0.3 is 0 Å². The summed E-state index contributed by atoms with van der Waals surface area (Å²) >= 11 is 0. The number of ketones is 2. The summed E-state index contributed by atoms with van der Waals surface area (Å²) in [6.45, 7) is 0.688. The van der Waals surface area contributed by atoms with E-state index in [2.05, 4.69) is 5.32 Å². The van der Waals surface area contributed by atoms with Crippen LogP contribution in [0, 0.1) is 11.8 Å². The largest absolute Gasteiger partial charge is 0.508 e. The lowest BCUT2D eigenvalue weighted by Gasteiger charge is -2.50. The number of aromatic hydroxyl groups is 1. The van der Waals surface area contributed by atoms with E-state index in [-0.39, 0.29) is 36.3 Å². The second kappa shape index (κ2) is 11.3. The Bertz CT molecular complexity index is 1630. The maximum Gasteiger partial charge on any atom is 0.255 e. The summed E-state index contributed by atoms with van der Waals surface area (Å²) in [5.41, 5.74) is 4.52. The van der Waals surface area contributed by atoms with Crippen molar-refractivity contribution >= 4 is 28.9 Å². The van der Waals surface area contributed by atoms with Crippen molar-refractivity contribution in [3.63, 3.8) is 0 Å². The van der Waals surface area contributed by atoms with Gasteiger partial charge in [0.2, 0.25) is 5.78 Å². The van der Waals surface area contributed by atoms with Gasteiger partial charge < -0.3 is 41.1 Å². The second-order valence-electron chi connectivity index (χ2n) is 12.1. The van der Waals surface area contributed by atoms with Gasteiger partial charge in [0.25, 0.3) is 5.91 Å². The Morgan fingerprint density at radius 3 is 2.43 bits per heavy atom. The standard InChI is InChI=1S/C32H38N4O8/c1-35(2)21-12-17(14-34-13-15-7-6-8-18(9-15)44-5)26(37)23-19(21)10-16-11-20-25(36(3)4)28(39)24(31(33)42)30(41)32(20,43)29(40)22(16)27(23)38/h6-9,12,16,20,25,34,37-38,41,43H,10-11,13-14H2,1-5H3,(H2,33,42)/t16-,20-,25-,32-/m0/s1. The Labute approximate surface area is 255 Å². The van der Waals surface area contributed by atoms with Gasteiger partial charge in [0, 0.05) is 49.9 Å². The van der Waals surface area contributed by atoms with Crippen LogP contribution < -0.4 is 20.7 Å². The Hall–Kier alpha value is -4.39. The molecule has 0 saturated heterocycles. The molecule has 5 rings (SSSR count). The number of aliphatic hydroxyl groups is 3. The van der Waals surface area contributed by atoms with E-state index in [0.29, 0.717) is 23.4 Å². The third-order valence-corrected chi connectivity index (χ3v) is 9.04. The Morgan fingerprint density at radius 2 is 1.82 bits per heavy atom. The highest BCUT2D eigenvalue weighted by Gasteiger charge is 2.64. The van der Waals surface area contributed by atoms with Gasteiger partial charge in [-0.15, -0.1) is 0 Å². The van der Waals surface area contributed by atoms with E-state index in [1.807, 2.05) is 49.3 Å². The molecule has 0 bridgehead atoms. The van der Waals surface area contributed by atoms with E-state index < -0.39 is 58.0 Å². The number of methoxy groups -OCH3 is 1. The van der Waals surface area contributed by atoms with Crippen molar-refractivity contribution in [2.75, 3.05) is 40.2 Å². The number of primary amides is 1. The third-order valence-electron chi connectivity index (χ3n) is 9.04. The zero-order chi connectivity index (χ0) is 32.2.